The molecule has 4 atom stereocenters. The maximum absolute atomic E-state index is 13.7. The first-order valence-corrected chi connectivity index (χ1v) is 12.7. The fourth-order valence-corrected chi connectivity index (χ4v) is 6.54. The van der Waals surface area contributed by atoms with E-state index in [0.29, 0.717) is 5.52 Å². The number of nitrogens with one attached hydrogen (secondary N) is 3. The Morgan fingerprint density at radius 2 is 1.82 bits per heavy atom. The molecule has 2 aliphatic rings. The molecule has 3 heterocycles. The number of carboxylic acid groups (broad SMARTS) is 1. The molecular weight excluding hydrogens is 531 g/mol. The summed E-state index contributed by atoms with van der Waals surface area (Å²) in [5.74, 6) is -4.19. The van der Waals surface area contributed by atoms with Gasteiger partial charge in [0, 0.05) is 21.8 Å². The van der Waals surface area contributed by atoms with Crippen molar-refractivity contribution < 1.29 is 33.8 Å². The number of aromatic amines is 1. The number of rotatable bonds is 6. The fraction of sp³-hybridized carbons (Fsp3) is 0.269. The van der Waals surface area contributed by atoms with Gasteiger partial charge in [-0.1, -0.05) is 12.1 Å². The molecule has 202 valence electrons. The topological polar surface area (TPSA) is 169 Å². The van der Waals surface area contributed by atoms with Crippen molar-refractivity contribution in [1.29, 1.82) is 0 Å². The van der Waals surface area contributed by atoms with Crippen LogP contribution >= 0.6 is 11.8 Å². The number of hydrogen-bond donors (Lipinski definition) is 5. The Labute approximate surface area is 224 Å². The third kappa shape index (κ3) is 4.48. The van der Waals surface area contributed by atoms with Crippen LogP contribution in [-0.2, 0) is 14.4 Å². The van der Waals surface area contributed by atoms with Crippen LogP contribution in [-0.4, -0.2) is 66.0 Å². The number of aromatic hydroxyl groups is 1. The van der Waals surface area contributed by atoms with Crippen molar-refractivity contribution in [1.82, 2.24) is 20.5 Å². The van der Waals surface area contributed by atoms with Crippen molar-refractivity contribution in [2.75, 3.05) is 0 Å². The molecule has 0 spiro atoms. The van der Waals surface area contributed by atoms with Crippen LogP contribution in [0.4, 0.5) is 4.39 Å². The molecular formula is C26H23FN4O7S. The maximum Gasteiger partial charge on any atom is 0.327 e. The highest BCUT2D eigenvalue weighted by atomic mass is 32.2. The Bertz CT molecular complexity index is 1590. The van der Waals surface area contributed by atoms with Crippen molar-refractivity contribution >= 4 is 46.4 Å². The van der Waals surface area contributed by atoms with E-state index in [0.717, 1.165) is 18.3 Å². The molecule has 11 nitrogen and oxygen atoms in total. The zero-order valence-corrected chi connectivity index (χ0v) is 21.4. The first-order valence-electron chi connectivity index (χ1n) is 11.8. The van der Waals surface area contributed by atoms with Crippen LogP contribution in [0.15, 0.2) is 53.5 Å². The van der Waals surface area contributed by atoms with Gasteiger partial charge in [0.15, 0.2) is 0 Å². The van der Waals surface area contributed by atoms with Crippen molar-refractivity contribution in [3.8, 4) is 5.75 Å². The van der Waals surface area contributed by atoms with Gasteiger partial charge in [-0.3, -0.25) is 19.2 Å². The summed E-state index contributed by atoms with van der Waals surface area (Å²) in [6, 6.07) is 5.41. The molecule has 0 saturated carbocycles. The fourth-order valence-electron chi connectivity index (χ4n) is 4.92. The Balaban J connectivity index is 1.42. The number of benzene rings is 2. The summed E-state index contributed by atoms with van der Waals surface area (Å²) < 4.78 is 12.9. The minimum atomic E-state index is -1.39. The Morgan fingerprint density at radius 1 is 1.13 bits per heavy atom. The average molecular weight is 555 g/mol. The SMILES string of the molecule is CC1(C)S[C@@H]2[C@H](NC(=O)[C@H](NC(=O)c3c[nH]c4ccc(F)cc4c3=O)c3ccc(O)cc3)C(=O)N2[C@H]1C(=O)O. The summed E-state index contributed by atoms with van der Waals surface area (Å²) >= 11 is 1.25. The zero-order valence-electron chi connectivity index (χ0n) is 20.6. The van der Waals surface area contributed by atoms with Crippen LogP contribution in [0.5, 0.6) is 5.75 Å². The number of phenols is 1. The maximum atomic E-state index is 13.7. The summed E-state index contributed by atoms with van der Waals surface area (Å²) in [5, 5.41) is 23.7. The molecule has 2 saturated heterocycles. The molecule has 0 unspecified atom stereocenters. The number of H-pyrrole nitrogens is 1. The predicted octanol–water partition coefficient (Wildman–Crippen LogP) is 1.48. The van der Waals surface area contributed by atoms with E-state index in [1.165, 1.54) is 47.0 Å². The number of fused-ring (bicyclic) bond motifs is 2. The van der Waals surface area contributed by atoms with E-state index in [4.69, 9.17) is 0 Å². The molecule has 3 aromatic rings. The summed E-state index contributed by atoms with van der Waals surface area (Å²) in [6.45, 7) is 3.40. The second-order valence-electron chi connectivity index (χ2n) is 9.80. The van der Waals surface area contributed by atoms with Crippen LogP contribution in [0.3, 0.4) is 0 Å². The smallest absolute Gasteiger partial charge is 0.327 e. The van der Waals surface area contributed by atoms with E-state index in [1.54, 1.807) is 13.8 Å². The molecule has 0 aliphatic carbocycles. The highest BCUT2D eigenvalue weighted by Crippen LogP contribution is 2.50. The van der Waals surface area contributed by atoms with Gasteiger partial charge in [-0.05, 0) is 49.7 Å². The monoisotopic (exact) mass is 554 g/mol. The Kier molecular flexibility index (Phi) is 6.33. The number of aromatic nitrogens is 1. The van der Waals surface area contributed by atoms with Gasteiger partial charge in [-0.15, -0.1) is 11.8 Å². The number of amides is 3. The molecule has 0 bridgehead atoms. The van der Waals surface area contributed by atoms with Gasteiger partial charge in [-0.2, -0.15) is 0 Å². The summed E-state index contributed by atoms with van der Waals surface area (Å²) in [7, 11) is 0. The third-order valence-corrected chi connectivity index (χ3v) is 8.40. The van der Waals surface area contributed by atoms with E-state index >= 15 is 0 Å². The molecule has 5 N–H and O–H groups in total. The van der Waals surface area contributed by atoms with Crippen LogP contribution in [0.2, 0.25) is 0 Å². The number of phenolic OH excluding ortho intramolecular Hbond substituents is 1. The number of β-lactam (4-membered cyclic amide) rings is 1. The standard InChI is InChI=1S/C26H23FN4O7S/c1-26(2)20(25(37)38)31-23(36)18(24(31)39-26)30-22(35)17(11-3-6-13(32)7-4-11)29-21(34)15-10-28-16-8-5-12(27)9-14(16)19(15)33/h3-10,17-18,20,24,32H,1-2H3,(H,28,33)(H,29,34)(H,30,35)(H,37,38)/t17-,18-,20+,24-/m1/s1. The molecule has 39 heavy (non-hydrogen) atoms. The van der Waals surface area contributed by atoms with E-state index in [2.05, 4.69) is 15.6 Å². The normalized spacial score (nSPS) is 22.1. The zero-order chi connectivity index (χ0) is 28.2. The first kappa shape index (κ1) is 26.2. The molecule has 2 fully saturated rings. The van der Waals surface area contributed by atoms with Crippen molar-refractivity contribution in [2.45, 2.75) is 42.1 Å². The molecule has 13 heteroatoms. The number of carboxylic acids is 1. The number of aliphatic carboxylic acids is 1. The lowest BCUT2D eigenvalue weighted by atomic mass is 9.95. The summed E-state index contributed by atoms with van der Waals surface area (Å²) in [4.78, 5) is 68.1. The Hall–Kier alpha value is -4.39. The van der Waals surface area contributed by atoms with E-state index < -0.39 is 63.2 Å². The number of pyridine rings is 1. The molecule has 0 radical (unpaired) electrons. The van der Waals surface area contributed by atoms with Crippen LogP contribution in [0, 0.1) is 5.82 Å². The van der Waals surface area contributed by atoms with E-state index in [1.807, 2.05) is 0 Å². The lowest BCUT2D eigenvalue weighted by molar-refractivity contribution is -0.161. The minimum absolute atomic E-state index is 0.0534. The lowest BCUT2D eigenvalue weighted by Gasteiger charge is -2.44. The molecule has 1 aromatic heterocycles. The van der Waals surface area contributed by atoms with Crippen LogP contribution in [0.1, 0.15) is 35.8 Å². The largest absolute Gasteiger partial charge is 0.508 e. The van der Waals surface area contributed by atoms with Gasteiger partial charge in [0.2, 0.25) is 17.2 Å². The van der Waals surface area contributed by atoms with Crippen LogP contribution in [0.25, 0.3) is 10.9 Å². The number of carbonyl (C=O) groups is 4. The average Bonchev–Trinajstić information content (AvgIpc) is 3.14. The molecule has 5 rings (SSSR count). The van der Waals surface area contributed by atoms with Crippen LogP contribution < -0.4 is 16.1 Å². The molecule has 3 amide bonds. The highest BCUT2D eigenvalue weighted by Gasteiger charge is 2.64. The van der Waals surface area contributed by atoms with E-state index in [-0.39, 0.29) is 22.3 Å². The predicted molar refractivity (Wildman–Crippen MR) is 138 cm³/mol. The number of hydrogen-bond acceptors (Lipinski definition) is 7. The van der Waals surface area contributed by atoms with Gasteiger partial charge in [0.1, 0.15) is 40.6 Å². The quantitative estimate of drug-likeness (QED) is 0.286. The number of carbonyl (C=O) groups excluding carboxylic acids is 3. The highest BCUT2D eigenvalue weighted by molar-refractivity contribution is 8.01. The van der Waals surface area contributed by atoms with Gasteiger partial charge in [0.25, 0.3) is 5.91 Å². The van der Waals surface area contributed by atoms with Gasteiger partial charge in [-0.25, -0.2) is 9.18 Å². The number of thioether (sulfide) groups is 1. The van der Waals surface area contributed by atoms with Crippen molar-refractivity contribution in [2.24, 2.45) is 0 Å². The Morgan fingerprint density at radius 3 is 2.49 bits per heavy atom. The van der Waals surface area contributed by atoms with Gasteiger partial charge >= 0.3 is 5.97 Å². The number of halogens is 1. The van der Waals surface area contributed by atoms with Crippen molar-refractivity contribution in [3.05, 3.63) is 75.8 Å². The second kappa shape index (κ2) is 9.42. The number of nitrogens with zero attached hydrogens (tertiary/aromatic N) is 1. The summed E-state index contributed by atoms with van der Waals surface area (Å²) in [5.41, 5.74) is -0.559. The van der Waals surface area contributed by atoms with Gasteiger partial charge in [0.05, 0.1) is 0 Å². The lowest BCUT2D eigenvalue weighted by Crippen LogP contribution is -2.71. The molecule has 2 aromatic carbocycles. The molecule has 2 aliphatic heterocycles. The summed E-state index contributed by atoms with van der Waals surface area (Å²) in [6.07, 6.45) is 1.15. The van der Waals surface area contributed by atoms with E-state index in [9.17, 15) is 38.6 Å². The van der Waals surface area contributed by atoms with Crippen molar-refractivity contribution in [3.63, 3.8) is 0 Å². The third-order valence-electron chi connectivity index (χ3n) is 6.82. The van der Waals surface area contributed by atoms with Gasteiger partial charge < -0.3 is 30.7 Å². The first-order chi connectivity index (χ1) is 18.4. The minimum Gasteiger partial charge on any atom is -0.508 e. The second-order valence-corrected chi connectivity index (χ2v) is 11.6.